The van der Waals surface area contributed by atoms with Gasteiger partial charge in [0.25, 0.3) is 5.91 Å². The minimum absolute atomic E-state index is 0.000805. The molecule has 1 fully saturated rings. The predicted octanol–water partition coefficient (Wildman–Crippen LogP) is 3.45. The maximum Gasteiger partial charge on any atom is 0.274 e. The second kappa shape index (κ2) is 8.86. The highest BCUT2D eigenvalue weighted by Gasteiger charge is 2.47. The molecule has 164 valence electrons. The van der Waals surface area contributed by atoms with Crippen molar-refractivity contribution in [1.82, 2.24) is 19.8 Å². The SMILES string of the molecule is CN(C)C(=O)C1(Cc2cccc(-c3ccc(F)cc3)c2)CCN(C(=O)c2cnccn2)C1. The van der Waals surface area contributed by atoms with Crippen LogP contribution in [0, 0.1) is 11.2 Å². The third-order valence-corrected chi connectivity index (χ3v) is 5.93. The Morgan fingerprint density at radius 3 is 2.56 bits per heavy atom. The molecule has 0 spiro atoms. The first-order valence-electron chi connectivity index (χ1n) is 10.5. The van der Waals surface area contributed by atoms with Crippen molar-refractivity contribution in [3.05, 3.63) is 84.2 Å². The quantitative estimate of drug-likeness (QED) is 0.620. The maximum absolute atomic E-state index is 13.3. The average molecular weight is 432 g/mol. The minimum atomic E-state index is -0.719. The molecule has 0 radical (unpaired) electrons. The molecule has 4 rings (SSSR count). The highest BCUT2D eigenvalue weighted by Crippen LogP contribution is 2.37. The molecule has 1 aliphatic rings. The van der Waals surface area contributed by atoms with Gasteiger partial charge in [-0.1, -0.05) is 36.4 Å². The molecule has 1 aliphatic heterocycles. The molecule has 0 saturated carbocycles. The Kier molecular flexibility index (Phi) is 5.99. The van der Waals surface area contributed by atoms with Crippen LogP contribution in [-0.4, -0.2) is 58.8 Å². The van der Waals surface area contributed by atoms with Crippen LogP contribution >= 0.6 is 0 Å². The van der Waals surface area contributed by atoms with Gasteiger partial charge in [0.2, 0.25) is 5.91 Å². The lowest BCUT2D eigenvalue weighted by molar-refractivity contribution is -0.138. The lowest BCUT2D eigenvalue weighted by Gasteiger charge is -2.31. The molecule has 1 unspecified atom stereocenters. The molecule has 7 heteroatoms. The first-order valence-corrected chi connectivity index (χ1v) is 10.5. The van der Waals surface area contributed by atoms with Gasteiger partial charge >= 0.3 is 0 Å². The normalized spacial score (nSPS) is 17.9. The van der Waals surface area contributed by atoms with E-state index in [1.807, 2.05) is 24.3 Å². The van der Waals surface area contributed by atoms with E-state index in [1.165, 1.54) is 30.7 Å². The molecule has 3 aromatic rings. The maximum atomic E-state index is 13.3. The Hall–Kier alpha value is -3.61. The molecular weight excluding hydrogens is 407 g/mol. The molecule has 1 aromatic heterocycles. The van der Waals surface area contributed by atoms with Gasteiger partial charge in [0.05, 0.1) is 11.6 Å². The number of hydrogen-bond donors (Lipinski definition) is 0. The van der Waals surface area contributed by atoms with Crippen molar-refractivity contribution in [1.29, 1.82) is 0 Å². The fourth-order valence-corrected chi connectivity index (χ4v) is 4.38. The molecule has 2 aromatic carbocycles. The number of nitrogens with zero attached hydrogens (tertiary/aromatic N) is 4. The summed E-state index contributed by atoms with van der Waals surface area (Å²) in [7, 11) is 3.48. The Bertz CT molecular complexity index is 1120. The number of rotatable bonds is 5. The number of halogens is 1. The predicted molar refractivity (Wildman–Crippen MR) is 119 cm³/mol. The van der Waals surface area contributed by atoms with Crippen LogP contribution in [0.15, 0.2) is 67.1 Å². The van der Waals surface area contributed by atoms with Crippen LogP contribution in [0.1, 0.15) is 22.5 Å². The molecule has 2 amide bonds. The van der Waals surface area contributed by atoms with Gasteiger partial charge in [-0.05, 0) is 41.7 Å². The first kappa shape index (κ1) is 21.6. The van der Waals surface area contributed by atoms with E-state index in [0.717, 1.165) is 16.7 Å². The fourth-order valence-electron chi connectivity index (χ4n) is 4.38. The molecular formula is C25H25FN4O2. The third kappa shape index (κ3) is 4.37. The highest BCUT2D eigenvalue weighted by molar-refractivity contribution is 5.93. The van der Waals surface area contributed by atoms with Crippen LogP contribution in [0.2, 0.25) is 0 Å². The summed E-state index contributed by atoms with van der Waals surface area (Å²) in [6.45, 7) is 0.798. The van der Waals surface area contributed by atoms with Gasteiger partial charge in [0.15, 0.2) is 0 Å². The molecule has 0 bridgehead atoms. The summed E-state index contributed by atoms with van der Waals surface area (Å²) in [5.74, 6) is -0.495. The van der Waals surface area contributed by atoms with E-state index >= 15 is 0 Å². The Balaban J connectivity index is 1.61. The van der Waals surface area contributed by atoms with Crippen LogP contribution in [0.25, 0.3) is 11.1 Å². The van der Waals surface area contributed by atoms with E-state index in [9.17, 15) is 14.0 Å². The summed E-state index contributed by atoms with van der Waals surface area (Å²) in [6.07, 6.45) is 5.53. The van der Waals surface area contributed by atoms with E-state index < -0.39 is 5.41 Å². The summed E-state index contributed by atoms with van der Waals surface area (Å²) in [6, 6.07) is 14.3. The zero-order valence-electron chi connectivity index (χ0n) is 18.2. The zero-order valence-corrected chi connectivity index (χ0v) is 18.2. The number of benzene rings is 2. The van der Waals surface area contributed by atoms with E-state index in [-0.39, 0.29) is 23.3 Å². The number of carbonyl (C=O) groups excluding carboxylic acids is 2. The molecule has 1 saturated heterocycles. The Morgan fingerprint density at radius 1 is 1.09 bits per heavy atom. The van der Waals surface area contributed by atoms with Gasteiger partial charge in [-0.3, -0.25) is 14.6 Å². The van der Waals surface area contributed by atoms with Crippen molar-refractivity contribution in [2.24, 2.45) is 5.41 Å². The number of aromatic nitrogens is 2. The summed E-state index contributed by atoms with van der Waals surface area (Å²) in [5, 5.41) is 0. The smallest absolute Gasteiger partial charge is 0.274 e. The second-order valence-electron chi connectivity index (χ2n) is 8.43. The van der Waals surface area contributed by atoms with Gasteiger partial charge < -0.3 is 9.80 Å². The van der Waals surface area contributed by atoms with Crippen LogP contribution < -0.4 is 0 Å². The lowest BCUT2D eigenvalue weighted by Crippen LogP contribution is -2.44. The zero-order chi connectivity index (χ0) is 22.7. The van der Waals surface area contributed by atoms with Crippen LogP contribution in [0.3, 0.4) is 0 Å². The molecule has 0 aliphatic carbocycles. The van der Waals surface area contributed by atoms with Gasteiger partial charge in [0, 0.05) is 39.6 Å². The number of likely N-dealkylation sites (tertiary alicyclic amines) is 1. The van der Waals surface area contributed by atoms with Crippen molar-refractivity contribution in [3.63, 3.8) is 0 Å². The topological polar surface area (TPSA) is 66.4 Å². The minimum Gasteiger partial charge on any atom is -0.348 e. The van der Waals surface area contributed by atoms with Crippen molar-refractivity contribution in [3.8, 4) is 11.1 Å². The van der Waals surface area contributed by atoms with Gasteiger partial charge in [-0.25, -0.2) is 9.37 Å². The van der Waals surface area contributed by atoms with Gasteiger partial charge in [-0.15, -0.1) is 0 Å². The first-order chi connectivity index (χ1) is 15.4. The molecule has 32 heavy (non-hydrogen) atoms. The summed E-state index contributed by atoms with van der Waals surface area (Å²) in [5.41, 5.74) is 2.42. The standard InChI is InChI=1S/C25H25FN4O2/c1-29(2)24(32)25(10-13-30(17-25)23(31)22-16-27-11-12-28-22)15-18-4-3-5-20(14-18)19-6-8-21(26)9-7-19/h3-9,11-12,14,16H,10,13,15,17H2,1-2H3. The Morgan fingerprint density at radius 2 is 1.88 bits per heavy atom. The van der Waals surface area contributed by atoms with E-state index in [2.05, 4.69) is 9.97 Å². The highest BCUT2D eigenvalue weighted by atomic mass is 19.1. The van der Waals surface area contributed by atoms with Gasteiger partial charge in [-0.2, -0.15) is 0 Å². The molecule has 0 N–H and O–H groups in total. The lowest BCUT2D eigenvalue weighted by atomic mass is 9.79. The fraction of sp³-hybridized carbons (Fsp3) is 0.280. The average Bonchev–Trinajstić information content (AvgIpc) is 3.24. The van der Waals surface area contributed by atoms with E-state index in [1.54, 1.807) is 36.0 Å². The number of hydrogen-bond acceptors (Lipinski definition) is 4. The Labute approximate surface area is 186 Å². The van der Waals surface area contributed by atoms with Crippen molar-refractivity contribution >= 4 is 11.8 Å². The molecule has 2 heterocycles. The number of carbonyl (C=O) groups is 2. The van der Waals surface area contributed by atoms with Crippen molar-refractivity contribution in [2.75, 3.05) is 27.2 Å². The van der Waals surface area contributed by atoms with Crippen molar-refractivity contribution < 1.29 is 14.0 Å². The summed E-state index contributed by atoms with van der Waals surface area (Å²) < 4.78 is 13.3. The van der Waals surface area contributed by atoms with Crippen LogP contribution in [0.4, 0.5) is 4.39 Å². The largest absolute Gasteiger partial charge is 0.348 e. The van der Waals surface area contributed by atoms with E-state index in [0.29, 0.717) is 25.9 Å². The summed E-state index contributed by atoms with van der Waals surface area (Å²) >= 11 is 0. The molecule has 1 atom stereocenters. The second-order valence-corrected chi connectivity index (χ2v) is 8.43. The monoisotopic (exact) mass is 432 g/mol. The van der Waals surface area contributed by atoms with Crippen LogP contribution in [-0.2, 0) is 11.2 Å². The summed E-state index contributed by atoms with van der Waals surface area (Å²) in [4.78, 5) is 37.6. The molecule has 6 nitrogen and oxygen atoms in total. The van der Waals surface area contributed by atoms with Gasteiger partial charge in [0.1, 0.15) is 11.5 Å². The van der Waals surface area contributed by atoms with E-state index in [4.69, 9.17) is 0 Å². The van der Waals surface area contributed by atoms with Crippen LogP contribution in [0.5, 0.6) is 0 Å². The van der Waals surface area contributed by atoms with Crippen molar-refractivity contribution in [2.45, 2.75) is 12.8 Å². The third-order valence-electron chi connectivity index (χ3n) is 5.93. The number of amides is 2.